The highest BCUT2D eigenvalue weighted by molar-refractivity contribution is 6.33. The SMILES string of the molecule is COC(=O)c1ccc(OB(O)O)o1. The molecule has 70 valence electrons. The Morgan fingerprint density at radius 3 is 2.77 bits per heavy atom. The summed E-state index contributed by atoms with van der Waals surface area (Å²) >= 11 is 0. The highest BCUT2D eigenvalue weighted by Crippen LogP contribution is 2.16. The topological polar surface area (TPSA) is 89.1 Å². The molecule has 0 unspecified atom stereocenters. The zero-order valence-corrected chi connectivity index (χ0v) is 6.76. The molecule has 0 radical (unpaired) electrons. The van der Waals surface area contributed by atoms with Crippen molar-refractivity contribution in [1.82, 2.24) is 0 Å². The molecule has 1 heterocycles. The Labute approximate surface area is 73.9 Å². The lowest BCUT2D eigenvalue weighted by molar-refractivity contribution is 0.0559. The van der Waals surface area contributed by atoms with Gasteiger partial charge < -0.3 is 23.9 Å². The number of methoxy groups -OCH3 is 1. The van der Waals surface area contributed by atoms with E-state index in [4.69, 9.17) is 14.5 Å². The summed E-state index contributed by atoms with van der Waals surface area (Å²) in [5.74, 6) is -0.907. The molecule has 2 N–H and O–H groups in total. The Morgan fingerprint density at radius 2 is 2.23 bits per heavy atom. The minimum absolute atomic E-state index is 0.0712. The first kappa shape index (κ1) is 9.62. The maximum absolute atomic E-state index is 10.8. The zero-order valence-electron chi connectivity index (χ0n) is 6.76. The van der Waals surface area contributed by atoms with Crippen molar-refractivity contribution in [3.8, 4) is 5.95 Å². The molecule has 0 spiro atoms. The van der Waals surface area contributed by atoms with Crippen LogP contribution in [0.3, 0.4) is 0 Å². The Kier molecular flexibility index (Phi) is 2.94. The molecule has 13 heavy (non-hydrogen) atoms. The van der Waals surface area contributed by atoms with Crippen LogP contribution >= 0.6 is 0 Å². The third-order valence-corrected chi connectivity index (χ3v) is 1.19. The number of carbonyl (C=O) groups excluding carboxylic acids is 1. The van der Waals surface area contributed by atoms with Crippen molar-refractivity contribution in [1.29, 1.82) is 0 Å². The van der Waals surface area contributed by atoms with E-state index in [0.29, 0.717) is 0 Å². The highest BCUT2D eigenvalue weighted by Gasteiger charge is 2.16. The normalized spacial score (nSPS) is 9.46. The number of hydrogen-bond acceptors (Lipinski definition) is 6. The molecule has 0 aliphatic rings. The van der Waals surface area contributed by atoms with Gasteiger partial charge in [0.05, 0.1) is 7.11 Å². The Balaban J connectivity index is 2.69. The largest absolute Gasteiger partial charge is 0.709 e. The second kappa shape index (κ2) is 3.97. The number of ether oxygens (including phenoxy) is 1. The molecule has 1 aromatic heterocycles. The van der Waals surface area contributed by atoms with Gasteiger partial charge in [0.15, 0.2) is 0 Å². The van der Waals surface area contributed by atoms with E-state index in [0.717, 1.165) is 0 Å². The van der Waals surface area contributed by atoms with Crippen molar-refractivity contribution >= 4 is 13.3 Å². The summed E-state index contributed by atoms with van der Waals surface area (Å²) in [4.78, 5) is 10.8. The molecule has 1 rings (SSSR count). The fourth-order valence-corrected chi connectivity index (χ4v) is 0.698. The Morgan fingerprint density at radius 1 is 1.54 bits per heavy atom. The van der Waals surface area contributed by atoms with Gasteiger partial charge in [-0.05, 0) is 6.07 Å². The molecule has 6 nitrogen and oxygen atoms in total. The van der Waals surface area contributed by atoms with Gasteiger partial charge in [-0.3, -0.25) is 0 Å². The first-order valence-corrected chi connectivity index (χ1v) is 3.34. The number of hydrogen-bond donors (Lipinski definition) is 2. The zero-order chi connectivity index (χ0) is 9.84. The maximum atomic E-state index is 10.8. The van der Waals surface area contributed by atoms with Crippen molar-refractivity contribution in [3.63, 3.8) is 0 Å². The summed E-state index contributed by atoms with van der Waals surface area (Å²) in [5.41, 5.74) is 0. The predicted octanol–water partition coefficient (Wildman–Crippen LogP) is -0.586. The van der Waals surface area contributed by atoms with Gasteiger partial charge in [-0.15, -0.1) is 0 Å². The van der Waals surface area contributed by atoms with E-state index in [9.17, 15) is 4.79 Å². The van der Waals surface area contributed by atoms with Crippen LogP contribution in [-0.2, 0) is 4.74 Å². The second-order valence-corrected chi connectivity index (χ2v) is 2.05. The second-order valence-electron chi connectivity index (χ2n) is 2.05. The lowest BCUT2D eigenvalue weighted by Crippen LogP contribution is -2.20. The summed E-state index contributed by atoms with van der Waals surface area (Å²) in [7, 11) is -0.775. The molecule has 0 amide bonds. The molecule has 7 heteroatoms. The van der Waals surface area contributed by atoms with Gasteiger partial charge in [0.2, 0.25) is 5.76 Å². The van der Waals surface area contributed by atoms with E-state index in [2.05, 4.69) is 9.39 Å². The average Bonchev–Trinajstić information content (AvgIpc) is 2.50. The first-order chi connectivity index (χ1) is 6.13. The minimum Gasteiger partial charge on any atom is -0.484 e. The van der Waals surface area contributed by atoms with Crippen LogP contribution < -0.4 is 4.65 Å². The number of esters is 1. The predicted molar refractivity (Wildman–Crippen MR) is 40.9 cm³/mol. The summed E-state index contributed by atoms with van der Waals surface area (Å²) in [6.07, 6.45) is 0. The quantitative estimate of drug-likeness (QED) is 0.484. The first-order valence-electron chi connectivity index (χ1n) is 3.34. The fourth-order valence-electron chi connectivity index (χ4n) is 0.698. The van der Waals surface area contributed by atoms with E-state index in [1.165, 1.54) is 19.2 Å². The van der Waals surface area contributed by atoms with Gasteiger partial charge in [0, 0.05) is 6.07 Å². The van der Waals surface area contributed by atoms with Crippen molar-refractivity contribution in [2.24, 2.45) is 0 Å². The van der Waals surface area contributed by atoms with Crippen LogP contribution in [0.4, 0.5) is 0 Å². The standard InChI is InChI=1S/C6H7BO6/c1-11-6(8)4-2-3-5(12-4)13-7(9)10/h2-3,9-10H,1H3. The van der Waals surface area contributed by atoms with Crippen molar-refractivity contribution in [2.45, 2.75) is 0 Å². The van der Waals surface area contributed by atoms with Crippen LogP contribution in [0.25, 0.3) is 0 Å². The lowest BCUT2D eigenvalue weighted by Gasteiger charge is -1.98. The van der Waals surface area contributed by atoms with E-state index >= 15 is 0 Å². The van der Waals surface area contributed by atoms with Crippen molar-refractivity contribution < 1.29 is 28.7 Å². The van der Waals surface area contributed by atoms with Crippen LogP contribution in [-0.4, -0.2) is 30.4 Å². The molecular formula is C6H7BO6. The number of carbonyl (C=O) groups is 1. The minimum atomic E-state index is -1.98. The molecule has 0 bridgehead atoms. The molecule has 0 fully saturated rings. The van der Waals surface area contributed by atoms with Crippen LogP contribution in [0.1, 0.15) is 10.6 Å². The average molecular weight is 186 g/mol. The van der Waals surface area contributed by atoms with Crippen molar-refractivity contribution in [3.05, 3.63) is 17.9 Å². The number of furan rings is 1. The molecule has 0 saturated heterocycles. The van der Waals surface area contributed by atoms with Crippen LogP contribution in [0.5, 0.6) is 5.95 Å². The van der Waals surface area contributed by atoms with Gasteiger partial charge in [-0.25, -0.2) is 4.79 Å². The van der Waals surface area contributed by atoms with Crippen molar-refractivity contribution in [2.75, 3.05) is 7.11 Å². The Bertz CT molecular complexity index is 293. The maximum Gasteiger partial charge on any atom is 0.709 e. The summed E-state index contributed by atoms with van der Waals surface area (Å²) < 4.78 is 13.4. The van der Waals surface area contributed by atoms with Crippen LogP contribution in [0.2, 0.25) is 0 Å². The summed E-state index contributed by atoms with van der Waals surface area (Å²) in [6, 6.07) is 2.56. The molecule has 0 aliphatic carbocycles. The summed E-state index contributed by atoms with van der Waals surface area (Å²) in [5, 5.41) is 16.7. The summed E-state index contributed by atoms with van der Waals surface area (Å²) in [6.45, 7) is 0. The smallest absolute Gasteiger partial charge is 0.484 e. The molecule has 0 atom stereocenters. The molecule has 0 aromatic carbocycles. The third-order valence-electron chi connectivity index (χ3n) is 1.19. The van der Waals surface area contributed by atoms with Crippen LogP contribution in [0.15, 0.2) is 16.5 Å². The molecular weight excluding hydrogens is 179 g/mol. The molecule has 0 saturated carbocycles. The van der Waals surface area contributed by atoms with Crippen LogP contribution in [0, 0.1) is 0 Å². The van der Waals surface area contributed by atoms with Gasteiger partial charge in [0.1, 0.15) is 0 Å². The van der Waals surface area contributed by atoms with E-state index in [-0.39, 0.29) is 11.7 Å². The lowest BCUT2D eigenvalue weighted by atomic mass is 10.3. The molecule has 0 aliphatic heterocycles. The van der Waals surface area contributed by atoms with Gasteiger partial charge in [-0.1, -0.05) is 0 Å². The highest BCUT2D eigenvalue weighted by atomic mass is 16.7. The van der Waals surface area contributed by atoms with Gasteiger partial charge in [-0.2, -0.15) is 0 Å². The molecule has 1 aromatic rings. The van der Waals surface area contributed by atoms with Gasteiger partial charge >= 0.3 is 13.3 Å². The third kappa shape index (κ3) is 2.50. The van der Waals surface area contributed by atoms with Gasteiger partial charge in [0.25, 0.3) is 5.95 Å². The van der Waals surface area contributed by atoms with E-state index < -0.39 is 13.3 Å². The number of rotatable bonds is 3. The monoisotopic (exact) mass is 186 g/mol. The van der Waals surface area contributed by atoms with E-state index in [1.807, 2.05) is 0 Å². The Hall–Kier alpha value is -1.47. The van der Waals surface area contributed by atoms with E-state index in [1.54, 1.807) is 0 Å². The fraction of sp³-hybridized carbons (Fsp3) is 0.167.